The number of benzene rings is 2. The first kappa shape index (κ1) is 21.3. The maximum absolute atomic E-state index is 13.0. The molecule has 0 unspecified atom stereocenters. The van der Waals surface area contributed by atoms with Crippen molar-refractivity contribution in [2.45, 2.75) is 26.7 Å². The van der Waals surface area contributed by atoms with E-state index >= 15 is 0 Å². The van der Waals surface area contributed by atoms with E-state index in [-0.39, 0.29) is 11.2 Å². The molecular formula is C21H23N2O4PS. The number of anilines is 2. The third kappa shape index (κ3) is 4.43. The van der Waals surface area contributed by atoms with Crippen LogP contribution in [-0.2, 0) is 17.4 Å². The van der Waals surface area contributed by atoms with Gasteiger partial charge in [0.05, 0.1) is 16.7 Å². The van der Waals surface area contributed by atoms with Gasteiger partial charge in [-0.1, -0.05) is 26.0 Å². The fraction of sp³-hybridized carbons (Fsp3) is 0.190. The molecule has 0 aliphatic rings. The Labute approximate surface area is 173 Å². The van der Waals surface area contributed by atoms with E-state index in [9.17, 15) is 19.1 Å². The quantitative estimate of drug-likeness (QED) is 0.346. The van der Waals surface area contributed by atoms with E-state index in [4.69, 9.17) is 5.73 Å². The molecule has 1 heterocycles. The van der Waals surface area contributed by atoms with Crippen molar-refractivity contribution < 1.29 is 19.1 Å². The lowest BCUT2D eigenvalue weighted by Crippen LogP contribution is -2.21. The van der Waals surface area contributed by atoms with Gasteiger partial charge >= 0.3 is 7.60 Å². The molecule has 152 valence electrons. The van der Waals surface area contributed by atoms with Crippen molar-refractivity contribution in [2.75, 3.05) is 11.1 Å². The number of nitrogens with one attached hydrogen (secondary N) is 1. The smallest absolute Gasteiger partial charge is 0.356 e. The summed E-state index contributed by atoms with van der Waals surface area (Å²) < 4.78 is 11.8. The van der Waals surface area contributed by atoms with Gasteiger partial charge in [-0.05, 0) is 65.2 Å². The van der Waals surface area contributed by atoms with Gasteiger partial charge < -0.3 is 20.8 Å². The lowest BCUT2D eigenvalue weighted by molar-refractivity contribution is 0.102. The summed E-state index contributed by atoms with van der Waals surface area (Å²) in [5, 5.41) is 4.82. The molecule has 1 amide bonds. The first-order valence-corrected chi connectivity index (χ1v) is 11.7. The van der Waals surface area contributed by atoms with Crippen LogP contribution in [0.1, 0.15) is 35.3 Å². The van der Waals surface area contributed by atoms with E-state index in [1.807, 2.05) is 43.5 Å². The largest absolute Gasteiger partial charge is 0.397 e. The van der Waals surface area contributed by atoms with Crippen LogP contribution in [0.25, 0.3) is 10.4 Å². The monoisotopic (exact) mass is 430 g/mol. The van der Waals surface area contributed by atoms with Gasteiger partial charge in [-0.3, -0.25) is 9.36 Å². The van der Waals surface area contributed by atoms with Crippen LogP contribution in [0.2, 0.25) is 0 Å². The fourth-order valence-electron chi connectivity index (χ4n) is 3.41. The zero-order valence-electron chi connectivity index (χ0n) is 16.2. The average Bonchev–Trinajstić information content (AvgIpc) is 3.22. The molecule has 0 aliphatic heterocycles. The van der Waals surface area contributed by atoms with Crippen molar-refractivity contribution >= 4 is 41.5 Å². The maximum atomic E-state index is 13.0. The van der Waals surface area contributed by atoms with Crippen LogP contribution in [-0.4, -0.2) is 15.7 Å². The van der Waals surface area contributed by atoms with E-state index < -0.39 is 7.60 Å². The first-order valence-electron chi connectivity index (χ1n) is 9.21. The van der Waals surface area contributed by atoms with Crippen LogP contribution in [0.15, 0.2) is 47.8 Å². The highest BCUT2D eigenvalue weighted by molar-refractivity contribution is 7.60. The number of nitrogens with two attached hydrogens (primary N) is 1. The standard InChI is InChI=1S/C21H23N2O4PS/c1-3-14-15(4-2)19(28(25,26)27)10-8-16(14)21(24)23-18-12-13(7-9-17(18)22)20-6-5-11-29-20/h5-12H,3-4,22H2,1-2H3,(H,23,24)(H2,25,26,27). The Balaban J connectivity index is 2.00. The Kier molecular flexibility index (Phi) is 6.24. The summed E-state index contributed by atoms with van der Waals surface area (Å²) in [6.07, 6.45) is 0.894. The minimum absolute atomic E-state index is 0.0207. The zero-order chi connectivity index (χ0) is 21.2. The lowest BCUT2D eigenvalue weighted by atomic mass is 9.96. The molecule has 0 fully saturated rings. The number of carbonyl (C=O) groups excluding carboxylic acids is 1. The van der Waals surface area contributed by atoms with Gasteiger partial charge in [0.15, 0.2) is 0 Å². The van der Waals surface area contributed by atoms with Gasteiger partial charge in [-0.15, -0.1) is 11.3 Å². The average molecular weight is 430 g/mol. The van der Waals surface area contributed by atoms with Crippen LogP contribution in [0.3, 0.4) is 0 Å². The molecule has 3 aromatic rings. The second-order valence-corrected chi connectivity index (χ2v) is 9.09. The predicted molar refractivity (Wildman–Crippen MR) is 119 cm³/mol. The van der Waals surface area contributed by atoms with Crippen molar-refractivity contribution in [1.82, 2.24) is 0 Å². The Morgan fingerprint density at radius 2 is 1.83 bits per heavy atom. The molecule has 1 aromatic heterocycles. The molecule has 0 saturated carbocycles. The Morgan fingerprint density at radius 3 is 2.41 bits per heavy atom. The summed E-state index contributed by atoms with van der Waals surface area (Å²) in [5.41, 5.74) is 9.51. The van der Waals surface area contributed by atoms with E-state index in [0.29, 0.717) is 40.9 Å². The Bertz CT molecular complexity index is 1090. The molecular weight excluding hydrogens is 407 g/mol. The van der Waals surface area contributed by atoms with Gasteiger partial charge in [0.2, 0.25) is 0 Å². The molecule has 0 aliphatic carbocycles. The molecule has 0 radical (unpaired) electrons. The van der Waals surface area contributed by atoms with Crippen LogP contribution in [0.4, 0.5) is 11.4 Å². The summed E-state index contributed by atoms with van der Waals surface area (Å²) in [5.74, 6) is -0.358. The van der Waals surface area contributed by atoms with Gasteiger partial charge in [0, 0.05) is 10.4 Å². The van der Waals surface area contributed by atoms with Crippen LogP contribution < -0.4 is 16.4 Å². The third-order valence-corrected chi connectivity index (χ3v) is 6.74. The number of rotatable bonds is 6. The van der Waals surface area contributed by atoms with Crippen molar-refractivity contribution in [3.8, 4) is 10.4 Å². The van der Waals surface area contributed by atoms with Crippen LogP contribution >= 0.6 is 18.9 Å². The van der Waals surface area contributed by atoms with Crippen molar-refractivity contribution in [3.63, 3.8) is 0 Å². The Hall–Kier alpha value is -2.44. The highest BCUT2D eigenvalue weighted by Gasteiger charge is 2.25. The predicted octanol–water partition coefficient (Wildman–Crippen LogP) is 4.18. The topological polar surface area (TPSA) is 113 Å². The summed E-state index contributed by atoms with van der Waals surface area (Å²) in [6.45, 7) is 3.68. The normalized spacial score (nSPS) is 11.4. The Morgan fingerprint density at radius 1 is 1.10 bits per heavy atom. The van der Waals surface area contributed by atoms with Gasteiger partial charge in [-0.2, -0.15) is 0 Å². The van der Waals surface area contributed by atoms with Crippen LogP contribution in [0.5, 0.6) is 0 Å². The van der Waals surface area contributed by atoms with E-state index in [1.54, 1.807) is 17.4 Å². The summed E-state index contributed by atoms with van der Waals surface area (Å²) in [6, 6.07) is 12.2. The number of amides is 1. The lowest BCUT2D eigenvalue weighted by Gasteiger charge is -2.18. The van der Waals surface area contributed by atoms with Gasteiger partial charge in [0.25, 0.3) is 5.91 Å². The first-order chi connectivity index (χ1) is 13.8. The van der Waals surface area contributed by atoms with Crippen molar-refractivity contribution in [2.24, 2.45) is 0 Å². The maximum Gasteiger partial charge on any atom is 0.356 e. The molecule has 29 heavy (non-hydrogen) atoms. The zero-order valence-corrected chi connectivity index (χ0v) is 17.9. The molecule has 3 rings (SSSR count). The number of carbonyl (C=O) groups is 1. The fourth-order valence-corrected chi connectivity index (χ4v) is 5.05. The van der Waals surface area contributed by atoms with E-state index in [0.717, 1.165) is 10.4 Å². The second kappa shape index (κ2) is 8.51. The number of hydrogen-bond acceptors (Lipinski definition) is 4. The molecule has 5 N–H and O–H groups in total. The van der Waals surface area contributed by atoms with Gasteiger partial charge in [-0.25, -0.2) is 0 Å². The number of thiophene rings is 1. The summed E-state index contributed by atoms with van der Waals surface area (Å²) in [4.78, 5) is 33.4. The van der Waals surface area contributed by atoms with Crippen molar-refractivity contribution in [1.29, 1.82) is 0 Å². The molecule has 6 nitrogen and oxygen atoms in total. The van der Waals surface area contributed by atoms with Gasteiger partial charge in [0.1, 0.15) is 0 Å². The highest BCUT2D eigenvalue weighted by atomic mass is 32.1. The molecule has 8 heteroatoms. The molecule has 0 spiro atoms. The minimum atomic E-state index is -4.42. The highest BCUT2D eigenvalue weighted by Crippen LogP contribution is 2.37. The SMILES string of the molecule is CCc1c(C(=O)Nc2cc(-c3cccs3)ccc2N)ccc(P(=O)(O)O)c1CC. The van der Waals surface area contributed by atoms with Crippen LogP contribution in [0, 0.1) is 0 Å². The number of nitrogen functional groups attached to an aromatic ring is 1. The molecule has 0 saturated heterocycles. The van der Waals surface area contributed by atoms with Crippen molar-refractivity contribution in [3.05, 3.63) is 64.5 Å². The summed E-state index contributed by atoms with van der Waals surface area (Å²) in [7, 11) is -4.42. The number of hydrogen-bond donors (Lipinski definition) is 4. The summed E-state index contributed by atoms with van der Waals surface area (Å²) >= 11 is 1.59. The molecule has 0 bridgehead atoms. The second-order valence-electron chi connectivity index (χ2n) is 6.57. The van der Waals surface area contributed by atoms with E-state index in [1.165, 1.54) is 12.1 Å². The van der Waals surface area contributed by atoms with E-state index in [2.05, 4.69) is 5.32 Å². The molecule has 0 atom stereocenters. The molecule has 2 aromatic carbocycles. The minimum Gasteiger partial charge on any atom is -0.397 e. The third-order valence-electron chi connectivity index (χ3n) is 4.78.